The van der Waals surface area contributed by atoms with Gasteiger partial charge >= 0.3 is 5.97 Å². The normalized spacial score (nSPS) is 23.3. The van der Waals surface area contributed by atoms with Gasteiger partial charge in [0.2, 0.25) is 0 Å². The molecule has 1 atom stereocenters. The Morgan fingerprint density at radius 3 is 2.75 bits per heavy atom. The molecular formula is C8H16ClNO2. The molecule has 0 saturated carbocycles. The highest BCUT2D eigenvalue weighted by molar-refractivity contribution is 5.85. The molecule has 4 heteroatoms. The minimum absolute atomic E-state index is 0. The number of esters is 1. The van der Waals surface area contributed by atoms with Gasteiger partial charge in [-0.05, 0) is 26.9 Å². The van der Waals surface area contributed by atoms with Gasteiger partial charge in [0.25, 0.3) is 0 Å². The van der Waals surface area contributed by atoms with Crippen molar-refractivity contribution in [3.63, 3.8) is 0 Å². The Morgan fingerprint density at radius 1 is 1.67 bits per heavy atom. The van der Waals surface area contributed by atoms with Gasteiger partial charge in [0.05, 0.1) is 12.5 Å². The SMILES string of the molecule is CCOC(=O)C1CCN(C)C1.Cl. The highest BCUT2D eigenvalue weighted by Crippen LogP contribution is 2.15. The molecule has 1 saturated heterocycles. The van der Waals surface area contributed by atoms with Crippen molar-refractivity contribution in [3.05, 3.63) is 0 Å². The topological polar surface area (TPSA) is 29.5 Å². The van der Waals surface area contributed by atoms with Gasteiger partial charge in [0, 0.05) is 6.54 Å². The molecular weight excluding hydrogens is 178 g/mol. The number of likely N-dealkylation sites (tertiary alicyclic amines) is 1. The molecule has 0 bridgehead atoms. The summed E-state index contributed by atoms with van der Waals surface area (Å²) in [5.41, 5.74) is 0. The van der Waals surface area contributed by atoms with Gasteiger partial charge in [0.1, 0.15) is 0 Å². The van der Waals surface area contributed by atoms with E-state index in [4.69, 9.17) is 4.74 Å². The molecule has 0 amide bonds. The van der Waals surface area contributed by atoms with Crippen LogP contribution in [-0.4, -0.2) is 37.6 Å². The lowest BCUT2D eigenvalue weighted by atomic mass is 10.1. The van der Waals surface area contributed by atoms with Crippen molar-refractivity contribution in [2.75, 3.05) is 26.7 Å². The van der Waals surface area contributed by atoms with Gasteiger partial charge < -0.3 is 9.64 Å². The molecule has 1 heterocycles. The second-order valence-electron chi connectivity index (χ2n) is 3.00. The van der Waals surface area contributed by atoms with Crippen LogP contribution in [0.1, 0.15) is 13.3 Å². The molecule has 1 fully saturated rings. The van der Waals surface area contributed by atoms with Crippen molar-refractivity contribution in [1.29, 1.82) is 0 Å². The molecule has 0 aromatic heterocycles. The van der Waals surface area contributed by atoms with E-state index in [1.807, 2.05) is 14.0 Å². The Bertz CT molecular complexity index is 152. The first-order chi connectivity index (χ1) is 5.24. The minimum Gasteiger partial charge on any atom is -0.466 e. The average molecular weight is 194 g/mol. The summed E-state index contributed by atoms with van der Waals surface area (Å²) in [7, 11) is 2.03. The minimum atomic E-state index is -0.0307. The second-order valence-corrected chi connectivity index (χ2v) is 3.00. The van der Waals surface area contributed by atoms with E-state index < -0.39 is 0 Å². The van der Waals surface area contributed by atoms with Crippen molar-refractivity contribution >= 4 is 18.4 Å². The van der Waals surface area contributed by atoms with Crippen molar-refractivity contribution < 1.29 is 9.53 Å². The number of carbonyl (C=O) groups excluding carboxylic acids is 1. The van der Waals surface area contributed by atoms with Crippen molar-refractivity contribution in [2.45, 2.75) is 13.3 Å². The van der Waals surface area contributed by atoms with Gasteiger partial charge in [-0.2, -0.15) is 0 Å². The average Bonchev–Trinajstić information content (AvgIpc) is 2.36. The summed E-state index contributed by atoms with van der Waals surface area (Å²) in [6, 6.07) is 0. The third-order valence-corrected chi connectivity index (χ3v) is 2.01. The fourth-order valence-electron chi connectivity index (χ4n) is 1.39. The number of hydrogen-bond donors (Lipinski definition) is 0. The smallest absolute Gasteiger partial charge is 0.310 e. The standard InChI is InChI=1S/C8H15NO2.ClH/c1-3-11-8(10)7-4-5-9(2)6-7;/h7H,3-6H2,1-2H3;1H. The van der Waals surface area contributed by atoms with Crippen LogP contribution in [0.2, 0.25) is 0 Å². The van der Waals surface area contributed by atoms with Crippen LogP contribution in [0.25, 0.3) is 0 Å². The van der Waals surface area contributed by atoms with E-state index in [1.54, 1.807) is 0 Å². The summed E-state index contributed by atoms with van der Waals surface area (Å²) in [5, 5.41) is 0. The summed E-state index contributed by atoms with van der Waals surface area (Å²) in [6.45, 7) is 4.22. The first-order valence-corrected chi connectivity index (χ1v) is 4.09. The van der Waals surface area contributed by atoms with Crippen LogP contribution in [0.5, 0.6) is 0 Å². The maximum absolute atomic E-state index is 11.1. The Balaban J connectivity index is 0.00000121. The number of nitrogens with zero attached hydrogens (tertiary/aromatic N) is 1. The van der Waals surface area contributed by atoms with E-state index in [2.05, 4.69) is 4.90 Å². The predicted octanol–water partition coefficient (Wildman–Crippen LogP) is 0.923. The number of carbonyl (C=O) groups is 1. The van der Waals surface area contributed by atoms with E-state index in [0.29, 0.717) is 6.61 Å². The lowest BCUT2D eigenvalue weighted by Crippen LogP contribution is -2.21. The van der Waals surface area contributed by atoms with Crippen molar-refractivity contribution in [1.82, 2.24) is 4.90 Å². The second kappa shape index (κ2) is 5.38. The Kier molecular flexibility index (Phi) is 5.25. The highest BCUT2D eigenvalue weighted by atomic mass is 35.5. The molecule has 1 aliphatic rings. The maximum Gasteiger partial charge on any atom is 0.310 e. The molecule has 72 valence electrons. The molecule has 3 nitrogen and oxygen atoms in total. The molecule has 1 rings (SSSR count). The molecule has 0 radical (unpaired) electrons. The zero-order valence-corrected chi connectivity index (χ0v) is 8.39. The van der Waals surface area contributed by atoms with Crippen LogP contribution in [-0.2, 0) is 9.53 Å². The summed E-state index contributed by atoms with van der Waals surface area (Å²) in [6.07, 6.45) is 0.954. The largest absolute Gasteiger partial charge is 0.466 e. The third-order valence-electron chi connectivity index (χ3n) is 2.01. The van der Waals surface area contributed by atoms with Crippen LogP contribution in [0, 0.1) is 5.92 Å². The molecule has 0 aromatic rings. The van der Waals surface area contributed by atoms with Gasteiger partial charge in [0.15, 0.2) is 0 Å². The van der Waals surface area contributed by atoms with Crippen LogP contribution < -0.4 is 0 Å². The van der Waals surface area contributed by atoms with Crippen LogP contribution in [0.3, 0.4) is 0 Å². The number of rotatable bonds is 2. The number of hydrogen-bond acceptors (Lipinski definition) is 3. The first-order valence-electron chi connectivity index (χ1n) is 4.09. The maximum atomic E-state index is 11.1. The molecule has 0 N–H and O–H groups in total. The molecule has 0 aliphatic carbocycles. The predicted molar refractivity (Wildman–Crippen MR) is 49.5 cm³/mol. The Labute approximate surface area is 79.5 Å². The first kappa shape index (κ1) is 11.7. The zero-order valence-electron chi connectivity index (χ0n) is 7.58. The Morgan fingerprint density at radius 2 is 2.33 bits per heavy atom. The van der Waals surface area contributed by atoms with Crippen LogP contribution in [0.15, 0.2) is 0 Å². The summed E-state index contributed by atoms with van der Waals surface area (Å²) in [5.74, 6) is 0.0943. The van der Waals surface area contributed by atoms with E-state index in [-0.39, 0.29) is 24.3 Å². The lowest BCUT2D eigenvalue weighted by molar-refractivity contribution is -0.147. The van der Waals surface area contributed by atoms with E-state index >= 15 is 0 Å². The van der Waals surface area contributed by atoms with Crippen molar-refractivity contribution in [3.8, 4) is 0 Å². The van der Waals surface area contributed by atoms with Crippen LogP contribution in [0.4, 0.5) is 0 Å². The number of ether oxygens (including phenoxy) is 1. The highest BCUT2D eigenvalue weighted by Gasteiger charge is 2.26. The monoisotopic (exact) mass is 193 g/mol. The van der Waals surface area contributed by atoms with Crippen molar-refractivity contribution in [2.24, 2.45) is 5.92 Å². The lowest BCUT2D eigenvalue weighted by Gasteiger charge is -2.08. The van der Waals surface area contributed by atoms with E-state index in [9.17, 15) is 4.79 Å². The van der Waals surface area contributed by atoms with E-state index in [1.165, 1.54) is 0 Å². The third kappa shape index (κ3) is 2.99. The van der Waals surface area contributed by atoms with Gasteiger partial charge in [-0.3, -0.25) is 4.79 Å². The van der Waals surface area contributed by atoms with Gasteiger partial charge in [-0.25, -0.2) is 0 Å². The van der Waals surface area contributed by atoms with Gasteiger partial charge in [-0.1, -0.05) is 0 Å². The van der Waals surface area contributed by atoms with Gasteiger partial charge in [-0.15, -0.1) is 12.4 Å². The Hall–Kier alpha value is -0.280. The zero-order chi connectivity index (χ0) is 8.27. The molecule has 0 aromatic carbocycles. The fourth-order valence-corrected chi connectivity index (χ4v) is 1.39. The number of halogens is 1. The summed E-state index contributed by atoms with van der Waals surface area (Å²) < 4.78 is 4.91. The van der Waals surface area contributed by atoms with E-state index in [0.717, 1.165) is 19.5 Å². The fraction of sp³-hybridized carbons (Fsp3) is 0.875. The van der Waals surface area contributed by atoms with Crippen LogP contribution >= 0.6 is 12.4 Å². The molecule has 0 spiro atoms. The molecule has 12 heavy (non-hydrogen) atoms. The summed E-state index contributed by atoms with van der Waals surface area (Å²) >= 11 is 0. The summed E-state index contributed by atoms with van der Waals surface area (Å²) in [4.78, 5) is 13.3. The quantitative estimate of drug-likeness (QED) is 0.611. The molecule has 1 unspecified atom stereocenters. The molecule has 1 aliphatic heterocycles.